The van der Waals surface area contributed by atoms with Crippen molar-refractivity contribution in [3.05, 3.63) is 53.6 Å². The number of nitrogens with zero attached hydrogens (tertiary/aromatic N) is 1. The monoisotopic (exact) mass is 454 g/mol. The molecule has 0 unspecified atom stereocenters. The molecule has 9 heteroatoms. The number of alkyl halides is 3. The number of hydrogen-bond acceptors (Lipinski definition) is 4. The number of sulfonamides is 1. The van der Waals surface area contributed by atoms with E-state index in [4.69, 9.17) is 0 Å². The molecular formula is C22H25F3N2O3S. The molecule has 4 rings (SSSR count). The molecule has 0 aromatic heterocycles. The Morgan fingerprint density at radius 1 is 0.935 bits per heavy atom. The second kappa shape index (κ2) is 8.70. The van der Waals surface area contributed by atoms with Gasteiger partial charge >= 0.3 is 6.36 Å². The van der Waals surface area contributed by atoms with Crippen LogP contribution in [-0.4, -0.2) is 38.8 Å². The van der Waals surface area contributed by atoms with Crippen LogP contribution in [0.2, 0.25) is 0 Å². The van der Waals surface area contributed by atoms with Crippen molar-refractivity contribution in [1.82, 2.24) is 4.90 Å². The SMILES string of the molecule is O=S(=O)(Nc1ccc2c(c1)CCN(C1CCCC1)CC2)c1ccc(OC(F)(F)F)cc1. The Balaban J connectivity index is 1.45. The van der Waals surface area contributed by atoms with Crippen LogP contribution >= 0.6 is 0 Å². The minimum Gasteiger partial charge on any atom is -0.406 e. The summed E-state index contributed by atoms with van der Waals surface area (Å²) in [6.45, 7) is 1.99. The standard InChI is InChI=1S/C22H25F3N2O3S/c23-22(24,25)30-20-7-9-21(10-8-20)31(28,29)26-18-6-5-16-11-13-27(14-12-17(16)15-18)19-3-1-2-4-19/h5-10,15,19,26H,1-4,11-14H2. The lowest BCUT2D eigenvalue weighted by Gasteiger charge is -2.26. The summed E-state index contributed by atoms with van der Waals surface area (Å²) in [5, 5.41) is 0. The molecule has 1 fully saturated rings. The van der Waals surface area contributed by atoms with E-state index in [0.29, 0.717) is 11.7 Å². The third kappa shape index (κ3) is 5.51. The highest BCUT2D eigenvalue weighted by Gasteiger charge is 2.31. The Hall–Kier alpha value is -2.26. The van der Waals surface area contributed by atoms with Crippen molar-refractivity contribution in [1.29, 1.82) is 0 Å². The molecule has 0 spiro atoms. The van der Waals surface area contributed by atoms with E-state index in [9.17, 15) is 21.6 Å². The number of anilines is 1. The summed E-state index contributed by atoms with van der Waals surface area (Å²) in [5.74, 6) is -0.469. The van der Waals surface area contributed by atoms with Gasteiger partial charge in [0.2, 0.25) is 0 Å². The molecule has 0 atom stereocenters. The molecule has 2 aromatic carbocycles. The maximum Gasteiger partial charge on any atom is 0.573 e. The first-order valence-corrected chi connectivity index (χ1v) is 11.9. The molecule has 31 heavy (non-hydrogen) atoms. The van der Waals surface area contributed by atoms with Crippen LogP contribution in [0.3, 0.4) is 0 Å². The van der Waals surface area contributed by atoms with Crippen LogP contribution in [0.5, 0.6) is 5.75 Å². The van der Waals surface area contributed by atoms with E-state index in [1.807, 2.05) is 12.1 Å². The summed E-state index contributed by atoms with van der Waals surface area (Å²) in [7, 11) is -3.93. The molecule has 1 heterocycles. The zero-order chi connectivity index (χ0) is 22.1. The first-order valence-electron chi connectivity index (χ1n) is 10.4. The number of rotatable bonds is 5. The van der Waals surface area contributed by atoms with Gasteiger partial charge in [-0.05, 0) is 73.2 Å². The van der Waals surface area contributed by atoms with E-state index in [1.54, 1.807) is 6.07 Å². The maximum atomic E-state index is 12.7. The fourth-order valence-corrected chi connectivity index (χ4v) is 5.52. The molecule has 168 valence electrons. The zero-order valence-electron chi connectivity index (χ0n) is 17.0. The largest absolute Gasteiger partial charge is 0.573 e. The molecule has 0 saturated heterocycles. The van der Waals surface area contributed by atoms with Crippen LogP contribution in [0.15, 0.2) is 47.4 Å². The quantitative estimate of drug-likeness (QED) is 0.710. The van der Waals surface area contributed by atoms with E-state index in [2.05, 4.69) is 14.4 Å². The van der Waals surface area contributed by atoms with E-state index in [1.165, 1.54) is 31.2 Å². The second-order valence-corrected chi connectivity index (χ2v) is 9.76. The molecule has 1 saturated carbocycles. The minimum atomic E-state index is -4.83. The van der Waals surface area contributed by atoms with Crippen molar-refractivity contribution in [2.75, 3.05) is 17.8 Å². The van der Waals surface area contributed by atoms with Gasteiger partial charge in [-0.1, -0.05) is 18.9 Å². The molecule has 0 bridgehead atoms. The van der Waals surface area contributed by atoms with Crippen molar-refractivity contribution in [3.8, 4) is 5.75 Å². The van der Waals surface area contributed by atoms with Crippen molar-refractivity contribution in [3.63, 3.8) is 0 Å². The van der Waals surface area contributed by atoms with Gasteiger partial charge in [-0.2, -0.15) is 0 Å². The Morgan fingerprint density at radius 2 is 1.58 bits per heavy atom. The topological polar surface area (TPSA) is 58.6 Å². The lowest BCUT2D eigenvalue weighted by atomic mass is 10.0. The highest BCUT2D eigenvalue weighted by molar-refractivity contribution is 7.92. The Bertz CT molecular complexity index is 1020. The van der Waals surface area contributed by atoms with Crippen molar-refractivity contribution < 1.29 is 26.3 Å². The van der Waals surface area contributed by atoms with Crippen LogP contribution in [0, 0.1) is 0 Å². The Labute approximate surface area is 180 Å². The first-order chi connectivity index (χ1) is 14.7. The lowest BCUT2D eigenvalue weighted by molar-refractivity contribution is -0.274. The van der Waals surface area contributed by atoms with E-state index in [0.717, 1.165) is 55.8 Å². The van der Waals surface area contributed by atoms with Crippen LogP contribution in [-0.2, 0) is 22.9 Å². The highest BCUT2D eigenvalue weighted by atomic mass is 32.2. The maximum absolute atomic E-state index is 12.7. The average molecular weight is 455 g/mol. The molecule has 1 aliphatic heterocycles. The van der Waals surface area contributed by atoms with Crippen LogP contribution in [0.4, 0.5) is 18.9 Å². The Morgan fingerprint density at radius 3 is 2.23 bits per heavy atom. The van der Waals surface area contributed by atoms with Gasteiger partial charge in [-0.3, -0.25) is 9.62 Å². The molecule has 5 nitrogen and oxygen atoms in total. The van der Waals surface area contributed by atoms with Gasteiger partial charge in [0.05, 0.1) is 4.90 Å². The molecular weight excluding hydrogens is 429 g/mol. The summed E-state index contributed by atoms with van der Waals surface area (Å²) in [4.78, 5) is 2.42. The van der Waals surface area contributed by atoms with Crippen LogP contribution in [0.1, 0.15) is 36.8 Å². The first kappa shape index (κ1) is 22.0. The summed E-state index contributed by atoms with van der Waals surface area (Å²) in [6.07, 6.45) is 2.09. The third-order valence-electron chi connectivity index (χ3n) is 6.00. The summed E-state index contributed by atoms with van der Waals surface area (Å²) >= 11 is 0. The van der Waals surface area contributed by atoms with Crippen LogP contribution in [0.25, 0.3) is 0 Å². The van der Waals surface area contributed by atoms with E-state index >= 15 is 0 Å². The number of ether oxygens (including phenoxy) is 1. The minimum absolute atomic E-state index is 0.135. The van der Waals surface area contributed by atoms with Gasteiger partial charge in [0, 0.05) is 24.8 Å². The molecule has 0 amide bonds. The molecule has 2 aliphatic rings. The highest BCUT2D eigenvalue weighted by Crippen LogP contribution is 2.28. The van der Waals surface area contributed by atoms with Gasteiger partial charge in [0.15, 0.2) is 0 Å². The summed E-state index contributed by atoms with van der Waals surface area (Å²) in [6, 6.07) is 10.4. The molecule has 0 radical (unpaired) electrons. The van der Waals surface area contributed by atoms with Crippen LogP contribution < -0.4 is 9.46 Å². The second-order valence-electron chi connectivity index (χ2n) is 8.08. The molecule has 1 aliphatic carbocycles. The summed E-state index contributed by atoms with van der Waals surface area (Å²) < 4.78 is 68.5. The Kier molecular flexibility index (Phi) is 6.16. The lowest BCUT2D eigenvalue weighted by Crippen LogP contribution is -2.35. The smallest absolute Gasteiger partial charge is 0.406 e. The summed E-state index contributed by atoms with van der Waals surface area (Å²) in [5.41, 5.74) is 2.82. The average Bonchev–Trinajstić information content (AvgIpc) is 3.15. The predicted molar refractivity (Wildman–Crippen MR) is 112 cm³/mol. The normalized spacial score (nSPS) is 18.4. The number of nitrogens with one attached hydrogen (secondary N) is 1. The number of halogens is 3. The zero-order valence-corrected chi connectivity index (χ0v) is 17.8. The van der Waals surface area contributed by atoms with Gasteiger partial charge < -0.3 is 4.74 Å². The van der Waals surface area contributed by atoms with Gasteiger partial charge in [-0.15, -0.1) is 13.2 Å². The fraction of sp³-hybridized carbons (Fsp3) is 0.455. The predicted octanol–water partition coefficient (Wildman–Crippen LogP) is 4.73. The van der Waals surface area contributed by atoms with Gasteiger partial charge in [0.25, 0.3) is 10.0 Å². The van der Waals surface area contributed by atoms with E-state index < -0.39 is 22.1 Å². The van der Waals surface area contributed by atoms with Crippen molar-refractivity contribution in [2.24, 2.45) is 0 Å². The number of hydrogen-bond donors (Lipinski definition) is 1. The van der Waals surface area contributed by atoms with Gasteiger partial charge in [0.1, 0.15) is 5.75 Å². The number of benzene rings is 2. The van der Waals surface area contributed by atoms with Crippen molar-refractivity contribution >= 4 is 15.7 Å². The third-order valence-corrected chi connectivity index (χ3v) is 7.40. The molecule has 2 aromatic rings. The fourth-order valence-electron chi connectivity index (χ4n) is 4.48. The van der Waals surface area contributed by atoms with E-state index in [-0.39, 0.29) is 4.90 Å². The number of fused-ring (bicyclic) bond motifs is 1. The van der Waals surface area contributed by atoms with Crippen molar-refractivity contribution in [2.45, 2.75) is 55.8 Å². The molecule has 1 N–H and O–H groups in total. The van der Waals surface area contributed by atoms with Gasteiger partial charge in [-0.25, -0.2) is 8.42 Å².